The SMILES string of the molecule is CSCC[C@H](C(=O)[O-])N1C(=O)/C(=C\c2ccccc2F)SC1=S. The van der Waals surface area contributed by atoms with Gasteiger partial charge >= 0.3 is 0 Å². The minimum atomic E-state index is -1.34. The number of carbonyl (C=O) groups excluding carboxylic acids is 2. The highest BCUT2D eigenvalue weighted by Crippen LogP contribution is 2.35. The number of carboxylic acids is 1. The maximum absolute atomic E-state index is 13.7. The summed E-state index contributed by atoms with van der Waals surface area (Å²) in [6.45, 7) is 0. The van der Waals surface area contributed by atoms with Crippen LogP contribution < -0.4 is 5.11 Å². The molecule has 0 N–H and O–H groups in total. The number of rotatable bonds is 6. The van der Waals surface area contributed by atoms with Crippen molar-refractivity contribution in [2.24, 2.45) is 0 Å². The Bertz CT molecular complexity index is 678. The van der Waals surface area contributed by atoms with Gasteiger partial charge in [-0.15, -0.1) is 0 Å². The molecule has 0 bridgehead atoms. The zero-order valence-electron chi connectivity index (χ0n) is 12.2. The first kappa shape index (κ1) is 18.0. The summed E-state index contributed by atoms with van der Waals surface area (Å²) in [5.74, 6) is -1.78. The maximum Gasteiger partial charge on any atom is 0.266 e. The molecule has 122 valence electrons. The van der Waals surface area contributed by atoms with E-state index in [-0.39, 0.29) is 21.2 Å². The summed E-state index contributed by atoms with van der Waals surface area (Å²) < 4.78 is 13.8. The van der Waals surface area contributed by atoms with Gasteiger partial charge in [-0.05, 0) is 30.6 Å². The van der Waals surface area contributed by atoms with Crippen molar-refractivity contribution in [1.29, 1.82) is 0 Å². The van der Waals surface area contributed by atoms with Gasteiger partial charge in [0.05, 0.1) is 16.9 Å². The van der Waals surface area contributed by atoms with Gasteiger partial charge in [-0.25, -0.2) is 4.39 Å². The van der Waals surface area contributed by atoms with Crippen LogP contribution in [0.25, 0.3) is 6.08 Å². The predicted molar refractivity (Wildman–Crippen MR) is 93.2 cm³/mol. The maximum atomic E-state index is 13.7. The van der Waals surface area contributed by atoms with Crippen LogP contribution in [0.15, 0.2) is 29.2 Å². The first-order valence-corrected chi connectivity index (χ1v) is 9.29. The normalized spacial score (nSPS) is 17.8. The van der Waals surface area contributed by atoms with E-state index in [2.05, 4.69) is 0 Å². The van der Waals surface area contributed by atoms with Crippen LogP contribution in [0.2, 0.25) is 0 Å². The number of benzene rings is 1. The van der Waals surface area contributed by atoms with E-state index in [1.54, 1.807) is 12.1 Å². The third-order valence-corrected chi connectivity index (χ3v) is 5.17. The van der Waals surface area contributed by atoms with E-state index in [4.69, 9.17) is 12.2 Å². The van der Waals surface area contributed by atoms with Crippen LogP contribution in [-0.2, 0) is 9.59 Å². The standard InChI is InChI=1S/C15H14FNO3S3/c1-22-7-6-11(14(19)20)17-13(18)12(23-15(17)21)8-9-4-2-3-5-10(9)16/h2-5,8,11H,6-7H2,1H3,(H,19,20)/p-1/b12-8+/t11-/m1/s1. The lowest BCUT2D eigenvalue weighted by molar-refractivity contribution is -0.310. The lowest BCUT2D eigenvalue weighted by Crippen LogP contribution is -2.50. The molecule has 1 aromatic rings. The second-order valence-corrected chi connectivity index (χ2v) is 7.35. The van der Waals surface area contributed by atoms with Crippen molar-refractivity contribution in [3.05, 3.63) is 40.6 Å². The summed E-state index contributed by atoms with van der Waals surface area (Å²) in [5.41, 5.74) is 0.252. The van der Waals surface area contributed by atoms with Crippen LogP contribution in [-0.4, -0.2) is 39.1 Å². The number of amides is 1. The Balaban J connectivity index is 2.29. The largest absolute Gasteiger partial charge is 0.548 e. The minimum absolute atomic E-state index is 0.146. The van der Waals surface area contributed by atoms with Crippen LogP contribution >= 0.6 is 35.7 Å². The van der Waals surface area contributed by atoms with Crippen LogP contribution in [0.4, 0.5) is 4.39 Å². The van der Waals surface area contributed by atoms with Crippen LogP contribution in [0.3, 0.4) is 0 Å². The Hall–Kier alpha value is -1.38. The lowest BCUT2D eigenvalue weighted by atomic mass is 10.1. The van der Waals surface area contributed by atoms with E-state index >= 15 is 0 Å². The Morgan fingerprint density at radius 1 is 1.52 bits per heavy atom. The Morgan fingerprint density at radius 2 is 2.22 bits per heavy atom. The monoisotopic (exact) mass is 370 g/mol. The molecule has 0 unspecified atom stereocenters. The fraction of sp³-hybridized carbons (Fsp3) is 0.267. The summed E-state index contributed by atoms with van der Waals surface area (Å²) in [5, 5.41) is 11.3. The first-order valence-electron chi connectivity index (χ1n) is 6.67. The van der Waals surface area contributed by atoms with Gasteiger partial charge < -0.3 is 9.90 Å². The molecule has 1 atom stereocenters. The zero-order chi connectivity index (χ0) is 17.0. The molecule has 0 aliphatic carbocycles. The number of carbonyl (C=O) groups is 2. The lowest BCUT2D eigenvalue weighted by Gasteiger charge is -2.27. The molecule has 0 saturated carbocycles. The van der Waals surface area contributed by atoms with Gasteiger partial charge in [0.2, 0.25) is 0 Å². The third kappa shape index (κ3) is 4.13. The van der Waals surface area contributed by atoms with Gasteiger partial charge in [0.25, 0.3) is 5.91 Å². The molecule has 1 aliphatic rings. The van der Waals surface area contributed by atoms with E-state index in [0.29, 0.717) is 5.75 Å². The molecular formula is C15H13FNO3S3-. The fourth-order valence-electron chi connectivity index (χ4n) is 2.06. The van der Waals surface area contributed by atoms with E-state index in [1.165, 1.54) is 30.0 Å². The van der Waals surface area contributed by atoms with Crippen molar-refractivity contribution < 1.29 is 19.1 Å². The van der Waals surface area contributed by atoms with E-state index in [1.807, 2.05) is 6.26 Å². The number of halogens is 1. The Morgan fingerprint density at radius 3 is 2.83 bits per heavy atom. The van der Waals surface area contributed by atoms with Crippen LogP contribution in [0.1, 0.15) is 12.0 Å². The highest BCUT2D eigenvalue weighted by atomic mass is 32.2. The van der Waals surface area contributed by atoms with Crippen LogP contribution in [0, 0.1) is 5.82 Å². The number of hydrogen-bond acceptors (Lipinski definition) is 6. The second kappa shape index (κ2) is 7.94. The molecule has 1 aliphatic heterocycles. The molecule has 0 spiro atoms. The highest BCUT2D eigenvalue weighted by Gasteiger charge is 2.37. The van der Waals surface area contributed by atoms with E-state index in [9.17, 15) is 19.1 Å². The summed E-state index contributed by atoms with van der Waals surface area (Å²) in [4.78, 5) is 25.1. The molecule has 2 rings (SSSR count). The second-order valence-electron chi connectivity index (χ2n) is 4.69. The zero-order valence-corrected chi connectivity index (χ0v) is 14.6. The van der Waals surface area contributed by atoms with Gasteiger partial charge in [-0.2, -0.15) is 11.8 Å². The quantitative estimate of drug-likeness (QED) is 0.563. The van der Waals surface area contributed by atoms with Gasteiger partial charge in [0.15, 0.2) is 0 Å². The fourth-order valence-corrected chi connectivity index (χ4v) is 3.87. The number of hydrogen-bond donors (Lipinski definition) is 0. The van der Waals surface area contributed by atoms with Crippen molar-refractivity contribution >= 4 is 58.0 Å². The van der Waals surface area contributed by atoms with Crippen molar-refractivity contribution in [2.75, 3.05) is 12.0 Å². The molecular weight excluding hydrogens is 357 g/mol. The summed E-state index contributed by atoms with van der Waals surface area (Å²) in [7, 11) is 0. The molecule has 1 fully saturated rings. The topological polar surface area (TPSA) is 60.4 Å². The average molecular weight is 370 g/mol. The molecule has 1 aromatic carbocycles. The number of carboxylic acid groups (broad SMARTS) is 1. The Kier molecular flexibility index (Phi) is 6.20. The summed E-state index contributed by atoms with van der Waals surface area (Å²) in [6, 6.07) is 4.91. The number of nitrogens with zero attached hydrogens (tertiary/aromatic N) is 1. The molecule has 8 heteroatoms. The molecule has 1 saturated heterocycles. The Labute approximate surface area is 147 Å². The van der Waals surface area contributed by atoms with Gasteiger partial charge in [-0.3, -0.25) is 9.69 Å². The smallest absolute Gasteiger partial charge is 0.266 e. The van der Waals surface area contributed by atoms with Gasteiger partial charge in [-0.1, -0.05) is 42.2 Å². The van der Waals surface area contributed by atoms with Gasteiger partial charge in [0.1, 0.15) is 10.1 Å². The molecule has 1 amide bonds. The summed E-state index contributed by atoms with van der Waals surface area (Å²) >= 11 is 7.56. The molecule has 23 heavy (non-hydrogen) atoms. The number of thioether (sulfide) groups is 2. The van der Waals surface area contributed by atoms with E-state index < -0.39 is 23.7 Å². The first-order chi connectivity index (χ1) is 11.0. The number of thiocarbonyl (C=S) groups is 1. The molecule has 0 aromatic heterocycles. The molecule has 0 radical (unpaired) electrons. The third-order valence-electron chi connectivity index (χ3n) is 3.19. The van der Waals surface area contributed by atoms with Crippen molar-refractivity contribution in [3.8, 4) is 0 Å². The van der Waals surface area contributed by atoms with Crippen molar-refractivity contribution in [3.63, 3.8) is 0 Å². The van der Waals surface area contributed by atoms with Crippen molar-refractivity contribution in [1.82, 2.24) is 4.90 Å². The van der Waals surface area contributed by atoms with Crippen molar-refractivity contribution in [2.45, 2.75) is 12.5 Å². The number of aliphatic carboxylic acids is 1. The summed E-state index contributed by atoms with van der Waals surface area (Å²) in [6.07, 6.45) is 3.47. The average Bonchev–Trinajstić information content (AvgIpc) is 2.77. The van der Waals surface area contributed by atoms with Gasteiger partial charge in [0, 0.05) is 5.56 Å². The molecule has 1 heterocycles. The predicted octanol–water partition coefficient (Wildman–Crippen LogP) is 1.90. The molecule has 4 nitrogen and oxygen atoms in total. The minimum Gasteiger partial charge on any atom is -0.548 e. The van der Waals surface area contributed by atoms with Crippen LogP contribution in [0.5, 0.6) is 0 Å². The van der Waals surface area contributed by atoms with E-state index in [0.717, 1.165) is 16.7 Å². The highest BCUT2D eigenvalue weighted by molar-refractivity contribution is 8.26.